The van der Waals surface area contributed by atoms with Crippen LogP contribution in [0.4, 0.5) is 5.69 Å². The lowest BCUT2D eigenvalue weighted by Gasteiger charge is -2.12. The Balaban J connectivity index is 2.01. The van der Waals surface area contributed by atoms with Crippen LogP contribution in [0.3, 0.4) is 0 Å². The van der Waals surface area contributed by atoms with Gasteiger partial charge < -0.3 is 10.2 Å². The average Bonchev–Trinajstić information content (AvgIpc) is 2.82. The Bertz CT molecular complexity index is 536. The van der Waals surface area contributed by atoms with Gasteiger partial charge in [0.2, 0.25) is 0 Å². The second-order valence-electron chi connectivity index (χ2n) is 5.05. The van der Waals surface area contributed by atoms with Crippen molar-refractivity contribution < 1.29 is 9.72 Å². The van der Waals surface area contributed by atoms with Crippen LogP contribution in [0.5, 0.6) is 0 Å². The number of nitro groups is 1. The molecular formula is C13H16BrN3O3. The van der Waals surface area contributed by atoms with Crippen LogP contribution in [0.15, 0.2) is 22.7 Å². The van der Waals surface area contributed by atoms with Crippen molar-refractivity contribution in [1.82, 2.24) is 10.2 Å². The highest BCUT2D eigenvalue weighted by atomic mass is 79.9. The summed E-state index contributed by atoms with van der Waals surface area (Å²) in [6.07, 6.45) is 1.06. The Morgan fingerprint density at radius 3 is 2.95 bits per heavy atom. The zero-order valence-electron chi connectivity index (χ0n) is 11.1. The summed E-state index contributed by atoms with van der Waals surface area (Å²) in [5.41, 5.74) is 0.213. The number of nitrogens with one attached hydrogen (secondary N) is 1. The van der Waals surface area contributed by atoms with Gasteiger partial charge in [0.15, 0.2) is 0 Å². The van der Waals surface area contributed by atoms with E-state index in [2.05, 4.69) is 33.2 Å². The minimum atomic E-state index is -0.505. The largest absolute Gasteiger partial charge is 0.352 e. The normalized spacial score (nSPS) is 19.0. The van der Waals surface area contributed by atoms with Crippen LogP contribution in [0.1, 0.15) is 16.8 Å². The molecule has 0 spiro atoms. The Morgan fingerprint density at radius 1 is 1.60 bits per heavy atom. The van der Waals surface area contributed by atoms with Crippen molar-refractivity contribution in [2.45, 2.75) is 6.42 Å². The molecule has 1 fully saturated rings. The standard InChI is InChI=1S/C13H16BrN3O3/c1-16-5-4-9(8-16)7-15-13(18)11-6-10(17(19)20)2-3-12(11)14/h2-3,6,9H,4-5,7-8H2,1H3,(H,15,18). The van der Waals surface area contributed by atoms with Crippen molar-refractivity contribution in [3.05, 3.63) is 38.3 Å². The second-order valence-corrected chi connectivity index (χ2v) is 5.90. The van der Waals surface area contributed by atoms with Crippen molar-refractivity contribution in [1.29, 1.82) is 0 Å². The first-order chi connectivity index (χ1) is 9.47. The fourth-order valence-electron chi connectivity index (χ4n) is 2.33. The summed E-state index contributed by atoms with van der Waals surface area (Å²) in [5, 5.41) is 13.6. The number of carbonyl (C=O) groups excluding carboxylic acids is 1. The minimum Gasteiger partial charge on any atom is -0.352 e. The molecule has 1 saturated heterocycles. The Labute approximate surface area is 125 Å². The summed E-state index contributed by atoms with van der Waals surface area (Å²) in [4.78, 5) is 24.6. The van der Waals surface area contributed by atoms with E-state index < -0.39 is 4.92 Å². The van der Waals surface area contributed by atoms with E-state index in [1.165, 1.54) is 18.2 Å². The van der Waals surface area contributed by atoms with E-state index in [0.717, 1.165) is 19.5 Å². The van der Waals surface area contributed by atoms with Crippen LogP contribution in [0.25, 0.3) is 0 Å². The van der Waals surface area contributed by atoms with Crippen LogP contribution >= 0.6 is 15.9 Å². The van der Waals surface area contributed by atoms with Gasteiger partial charge in [0.05, 0.1) is 10.5 Å². The molecule has 0 bridgehead atoms. The van der Waals surface area contributed by atoms with Crippen LogP contribution in [0, 0.1) is 16.0 Å². The molecule has 0 saturated carbocycles. The molecule has 0 radical (unpaired) electrons. The number of halogens is 1. The predicted molar refractivity (Wildman–Crippen MR) is 78.7 cm³/mol. The predicted octanol–water partition coefficient (Wildman–Crippen LogP) is 2.04. The number of benzene rings is 1. The van der Waals surface area contributed by atoms with Gasteiger partial charge in [0, 0.05) is 29.7 Å². The van der Waals surface area contributed by atoms with E-state index in [9.17, 15) is 14.9 Å². The molecule has 1 aromatic rings. The van der Waals surface area contributed by atoms with Gasteiger partial charge in [0.1, 0.15) is 0 Å². The van der Waals surface area contributed by atoms with Crippen LogP contribution < -0.4 is 5.32 Å². The summed E-state index contributed by atoms with van der Waals surface area (Å²) in [5.74, 6) is 0.163. The molecule has 1 heterocycles. The van der Waals surface area contributed by atoms with Gasteiger partial charge in [-0.2, -0.15) is 0 Å². The smallest absolute Gasteiger partial charge is 0.270 e. The third kappa shape index (κ3) is 3.55. The highest BCUT2D eigenvalue weighted by molar-refractivity contribution is 9.10. The number of non-ortho nitro benzene ring substituents is 1. The lowest BCUT2D eigenvalue weighted by Crippen LogP contribution is -2.30. The first kappa shape index (κ1) is 14.9. The fraction of sp³-hybridized carbons (Fsp3) is 0.462. The summed E-state index contributed by atoms with van der Waals surface area (Å²) in [7, 11) is 2.05. The summed E-state index contributed by atoms with van der Waals surface area (Å²) in [6, 6.07) is 4.18. The molecule has 6 nitrogen and oxygen atoms in total. The maximum absolute atomic E-state index is 12.1. The lowest BCUT2D eigenvalue weighted by molar-refractivity contribution is -0.384. The number of carbonyl (C=O) groups is 1. The summed E-state index contributed by atoms with van der Waals surface area (Å²) >= 11 is 3.25. The molecule has 20 heavy (non-hydrogen) atoms. The van der Waals surface area contributed by atoms with Crippen molar-refractivity contribution >= 4 is 27.5 Å². The SMILES string of the molecule is CN1CCC(CNC(=O)c2cc([N+](=O)[O-])ccc2Br)C1. The molecule has 1 aliphatic rings. The molecule has 1 atom stereocenters. The van der Waals surface area contributed by atoms with Gasteiger partial charge >= 0.3 is 0 Å². The van der Waals surface area contributed by atoms with E-state index in [1.807, 2.05) is 0 Å². The lowest BCUT2D eigenvalue weighted by atomic mass is 10.1. The van der Waals surface area contributed by atoms with Gasteiger partial charge in [-0.1, -0.05) is 0 Å². The molecule has 1 N–H and O–H groups in total. The average molecular weight is 342 g/mol. The molecule has 1 amide bonds. The van der Waals surface area contributed by atoms with E-state index in [-0.39, 0.29) is 11.6 Å². The second kappa shape index (κ2) is 6.32. The summed E-state index contributed by atoms with van der Waals surface area (Å²) in [6.45, 7) is 2.61. The van der Waals surface area contributed by atoms with Crippen molar-refractivity contribution in [3.63, 3.8) is 0 Å². The number of nitrogens with zero attached hydrogens (tertiary/aromatic N) is 2. The van der Waals surface area contributed by atoms with Crippen molar-refractivity contribution in [3.8, 4) is 0 Å². The topological polar surface area (TPSA) is 75.5 Å². The monoisotopic (exact) mass is 341 g/mol. The van der Waals surface area contributed by atoms with E-state index in [4.69, 9.17) is 0 Å². The van der Waals surface area contributed by atoms with Crippen LogP contribution in [-0.4, -0.2) is 42.4 Å². The molecule has 0 aromatic heterocycles. The highest BCUT2D eigenvalue weighted by Crippen LogP contribution is 2.22. The van der Waals surface area contributed by atoms with E-state index in [0.29, 0.717) is 22.5 Å². The van der Waals surface area contributed by atoms with E-state index in [1.54, 1.807) is 0 Å². The third-order valence-electron chi connectivity index (χ3n) is 3.45. The third-order valence-corrected chi connectivity index (χ3v) is 4.14. The Morgan fingerprint density at radius 2 is 2.35 bits per heavy atom. The first-order valence-corrected chi connectivity index (χ1v) is 7.17. The van der Waals surface area contributed by atoms with Crippen LogP contribution in [-0.2, 0) is 0 Å². The Hall–Kier alpha value is -1.47. The van der Waals surface area contributed by atoms with Gasteiger partial charge in [-0.05, 0) is 47.9 Å². The maximum Gasteiger partial charge on any atom is 0.270 e. The van der Waals surface area contributed by atoms with Gasteiger partial charge in [-0.15, -0.1) is 0 Å². The molecule has 1 aliphatic heterocycles. The zero-order valence-corrected chi connectivity index (χ0v) is 12.7. The number of nitro benzene ring substituents is 1. The van der Waals surface area contributed by atoms with Crippen molar-refractivity contribution in [2.75, 3.05) is 26.7 Å². The zero-order chi connectivity index (χ0) is 14.7. The van der Waals surface area contributed by atoms with E-state index >= 15 is 0 Å². The van der Waals surface area contributed by atoms with Crippen molar-refractivity contribution in [2.24, 2.45) is 5.92 Å². The fourth-order valence-corrected chi connectivity index (χ4v) is 2.75. The molecule has 1 aromatic carbocycles. The quantitative estimate of drug-likeness (QED) is 0.671. The molecular weight excluding hydrogens is 326 g/mol. The van der Waals surface area contributed by atoms with Gasteiger partial charge in [-0.25, -0.2) is 0 Å². The number of likely N-dealkylation sites (tertiary alicyclic amines) is 1. The van der Waals surface area contributed by atoms with Gasteiger partial charge in [0.25, 0.3) is 11.6 Å². The van der Waals surface area contributed by atoms with Gasteiger partial charge in [-0.3, -0.25) is 14.9 Å². The number of hydrogen-bond donors (Lipinski definition) is 1. The molecule has 108 valence electrons. The minimum absolute atomic E-state index is 0.0843. The molecule has 2 rings (SSSR count). The number of hydrogen-bond acceptors (Lipinski definition) is 4. The number of rotatable bonds is 4. The number of amides is 1. The highest BCUT2D eigenvalue weighted by Gasteiger charge is 2.21. The maximum atomic E-state index is 12.1. The molecule has 0 aliphatic carbocycles. The molecule has 1 unspecified atom stereocenters. The summed E-state index contributed by atoms with van der Waals surface area (Å²) < 4.78 is 0.559. The van der Waals surface area contributed by atoms with Crippen LogP contribution in [0.2, 0.25) is 0 Å². The molecule has 7 heteroatoms. The first-order valence-electron chi connectivity index (χ1n) is 6.38. The Kier molecular flexibility index (Phi) is 4.72.